The molecule has 0 radical (unpaired) electrons. The fraction of sp³-hybridized carbons (Fsp3) is 1.00. The fourth-order valence-electron chi connectivity index (χ4n) is 2.46. The molecule has 3 heteroatoms. The average Bonchev–Trinajstić information content (AvgIpc) is 2.31. The summed E-state index contributed by atoms with van der Waals surface area (Å²) >= 11 is 0. The Balaban J connectivity index is 2.49. The molecule has 2 N–H and O–H groups in total. The summed E-state index contributed by atoms with van der Waals surface area (Å²) < 4.78 is 0. The van der Waals surface area contributed by atoms with Crippen LogP contribution in [0.4, 0.5) is 0 Å². The Bertz CT molecular complexity index is 201. The first-order valence-corrected chi connectivity index (χ1v) is 6.67. The van der Waals surface area contributed by atoms with Crippen LogP contribution in [0, 0.1) is 5.41 Å². The van der Waals surface area contributed by atoms with Crippen LogP contribution >= 0.6 is 0 Å². The highest BCUT2D eigenvalue weighted by molar-refractivity contribution is 4.84. The van der Waals surface area contributed by atoms with Crippen LogP contribution in [-0.2, 0) is 0 Å². The van der Waals surface area contributed by atoms with E-state index in [2.05, 4.69) is 37.6 Å². The third-order valence-corrected chi connectivity index (χ3v) is 4.28. The lowest BCUT2D eigenvalue weighted by molar-refractivity contribution is 0.0621. The molecule has 3 nitrogen and oxygen atoms in total. The van der Waals surface area contributed by atoms with Gasteiger partial charge in [0.2, 0.25) is 0 Å². The van der Waals surface area contributed by atoms with E-state index >= 15 is 0 Å². The van der Waals surface area contributed by atoms with Crippen molar-refractivity contribution < 1.29 is 0 Å². The minimum absolute atomic E-state index is 0.300. The molecule has 1 saturated heterocycles. The van der Waals surface area contributed by atoms with Gasteiger partial charge in [-0.2, -0.15) is 0 Å². The lowest BCUT2D eigenvalue weighted by Crippen LogP contribution is -2.54. The molecule has 96 valence electrons. The van der Waals surface area contributed by atoms with Crippen LogP contribution in [0.3, 0.4) is 0 Å². The normalized spacial score (nSPS) is 27.9. The van der Waals surface area contributed by atoms with Gasteiger partial charge in [-0.25, -0.2) is 0 Å². The molecule has 0 aliphatic carbocycles. The van der Waals surface area contributed by atoms with Crippen molar-refractivity contribution >= 4 is 0 Å². The second-order valence-corrected chi connectivity index (χ2v) is 5.65. The molecule has 16 heavy (non-hydrogen) atoms. The van der Waals surface area contributed by atoms with E-state index in [4.69, 9.17) is 5.73 Å². The first-order valence-electron chi connectivity index (χ1n) is 6.67. The highest BCUT2D eigenvalue weighted by Crippen LogP contribution is 2.22. The minimum atomic E-state index is 0.300. The monoisotopic (exact) mass is 227 g/mol. The van der Waals surface area contributed by atoms with Gasteiger partial charge >= 0.3 is 0 Å². The predicted molar refractivity (Wildman–Crippen MR) is 70.6 cm³/mol. The molecule has 2 unspecified atom stereocenters. The number of hydrogen-bond donors (Lipinski definition) is 1. The molecule has 0 saturated carbocycles. The van der Waals surface area contributed by atoms with Gasteiger partial charge in [-0.15, -0.1) is 0 Å². The number of likely N-dealkylation sites (N-methyl/N-ethyl adjacent to an activating group) is 1. The van der Waals surface area contributed by atoms with Gasteiger partial charge < -0.3 is 10.6 Å². The van der Waals surface area contributed by atoms with Crippen LogP contribution in [0.2, 0.25) is 0 Å². The van der Waals surface area contributed by atoms with E-state index in [-0.39, 0.29) is 0 Å². The van der Waals surface area contributed by atoms with Crippen molar-refractivity contribution in [2.24, 2.45) is 11.1 Å². The SMILES string of the molecule is CCC1CN(CC(C)(CC)CN)CCN1C. The van der Waals surface area contributed by atoms with E-state index in [1.165, 1.54) is 32.5 Å². The van der Waals surface area contributed by atoms with Crippen LogP contribution in [0.5, 0.6) is 0 Å². The molecular weight excluding hydrogens is 198 g/mol. The highest BCUT2D eigenvalue weighted by atomic mass is 15.3. The zero-order valence-electron chi connectivity index (χ0n) is 11.5. The van der Waals surface area contributed by atoms with Crippen LogP contribution in [0.25, 0.3) is 0 Å². The van der Waals surface area contributed by atoms with E-state index in [0.717, 1.165) is 19.1 Å². The fourth-order valence-corrected chi connectivity index (χ4v) is 2.46. The molecule has 1 aliphatic rings. The lowest BCUT2D eigenvalue weighted by atomic mass is 9.86. The number of nitrogens with two attached hydrogens (primary N) is 1. The van der Waals surface area contributed by atoms with Crippen molar-refractivity contribution in [1.29, 1.82) is 0 Å². The molecule has 0 aromatic heterocycles. The largest absolute Gasteiger partial charge is 0.330 e. The highest BCUT2D eigenvalue weighted by Gasteiger charge is 2.28. The van der Waals surface area contributed by atoms with Gasteiger partial charge in [0, 0.05) is 32.2 Å². The van der Waals surface area contributed by atoms with Gasteiger partial charge in [0.1, 0.15) is 0 Å². The van der Waals surface area contributed by atoms with Crippen molar-refractivity contribution in [3.63, 3.8) is 0 Å². The summed E-state index contributed by atoms with van der Waals surface area (Å²) in [5.41, 5.74) is 6.19. The summed E-state index contributed by atoms with van der Waals surface area (Å²) in [7, 11) is 2.24. The minimum Gasteiger partial charge on any atom is -0.330 e. The van der Waals surface area contributed by atoms with E-state index in [9.17, 15) is 0 Å². The van der Waals surface area contributed by atoms with Crippen molar-refractivity contribution in [2.45, 2.75) is 39.7 Å². The first kappa shape index (κ1) is 13.9. The predicted octanol–water partition coefficient (Wildman–Crippen LogP) is 1.39. The Kier molecular flexibility index (Phi) is 5.22. The zero-order chi connectivity index (χ0) is 12.2. The second-order valence-electron chi connectivity index (χ2n) is 5.65. The number of piperazine rings is 1. The lowest BCUT2D eigenvalue weighted by Gasteiger charge is -2.42. The number of hydrogen-bond acceptors (Lipinski definition) is 3. The van der Waals surface area contributed by atoms with Crippen LogP contribution in [0.15, 0.2) is 0 Å². The summed E-state index contributed by atoms with van der Waals surface area (Å²) in [5, 5.41) is 0. The molecule has 1 fully saturated rings. The zero-order valence-corrected chi connectivity index (χ0v) is 11.5. The molecule has 1 heterocycles. The summed E-state index contributed by atoms with van der Waals surface area (Å²) in [6, 6.07) is 0.729. The maximum absolute atomic E-state index is 5.89. The van der Waals surface area contributed by atoms with Gasteiger partial charge in [0.25, 0.3) is 0 Å². The summed E-state index contributed by atoms with van der Waals surface area (Å²) in [6.07, 6.45) is 2.42. The van der Waals surface area contributed by atoms with Gasteiger partial charge in [-0.3, -0.25) is 4.90 Å². The summed E-state index contributed by atoms with van der Waals surface area (Å²) in [4.78, 5) is 5.09. The van der Waals surface area contributed by atoms with Gasteiger partial charge in [0.15, 0.2) is 0 Å². The smallest absolute Gasteiger partial charge is 0.0218 e. The standard InChI is InChI=1S/C13H29N3/c1-5-12-9-16(8-7-15(12)4)11-13(3,6-2)10-14/h12H,5-11,14H2,1-4H3. The molecule has 0 aromatic carbocycles. The first-order chi connectivity index (χ1) is 7.54. The Morgan fingerprint density at radius 2 is 2.00 bits per heavy atom. The third-order valence-electron chi connectivity index (χ3n) is 4.28. The molecule has 2 atom stereocenters. The Hall–Kier alpha value is -0.120. The summed E-state index contributed by atoms with van der Waals surface area (Å²) in [6.45, 7) is 12.4. The summed E-state index contributed by atoms with van der Waals surface area (Å²) in [5.74, 6) is 0. The van der Waals surface area contributed by atoms with E-state index < -0.39 is 0 Å². The van der Waals surface area contributed by atoms with Crippen LogP contribution < -0.4 is 5.73 Å². The quantitative estimate of drug-likeness (QED) is 0.770. The number of rotatable bonds is 5. The molecule has 0 bridgehead atoms. The van der Waals surface area contributed by atoms with E-state index in [0.29, 0.717) is 5.41 Å². The van der Waals surface area contributed by atoms with Crippen molar-refractivity contribution in [3.05, 3.63) is 0 Å². The van der Waals surface area contributed by atoms with Gasteiger partial charge in [-0.1, -0.05) is 20.8 Å². The van der Waals surface area contributed by atoms with Gasteiger partial charge in [-0.05, 0) is 31.8 Å². The van der Waals surface area contributed by atoms with E-state index in [1.54, 1.807) is 0 Å². The Labute approximate surface area is 101 Å². The van der Waals surface area contributed by atoms with E-state index in [1.807, 2.05) is 0 Å². The maximum atomic E-state index is 5.89. The van der Waals surface area contributed by atoms with Gasteiger partial charge in [0.05, 0.1) is 0 Å². The molecule has 0 aromatic rings. The molecule has 1 aliphatic heterocycles. The number of nitrogens with zero attached hydrogens (tertiary/aromatic N) is 2. The third kappa shape index (κ3) is 3.44. The Morgan fingerprint density at radius 3 is 2.50 bits per heavy atom. The molecule has 0 spiro atoms. The van der Waals surface area contributed by atoms with Crippen LogP contribution in [-0.4, -0.2) is 55.6 Å². The average molecular weight is 227 g/mol. The second kappa shape index (κ2) is 5.99. The van der Waals surface area contributed by atoms with Crippen molar-refractivity contribution in [2.75, 3.05) is 39.8 Å². The van der Waals surface area contributed by atoms with Crippen molar-refractivity contribution in [3.8, 4) is 0 Å². The van der Waals surface area contributed by atoms with Crippen molar-refractivity contribution in [1.82, 2.24) is 9.80 Å². The molecule has 0 amide bonds. The molecule has 1 rings (SSSR count). The molecular formula is C13H29N3. The maximum Gasteiger partial charge on any atom is 0.0218 e. The van der Waals surface area contributed by atoms with Crippen LogP contribution in [0.1, 0.15) is 33.6 Å². The topological polar surface area (TPSA) is 32.5 Å². The Morgan fingerprint density at radius 1 is 1.31 bits per heavy atom.